The summed E-state index contributed by atoms with van der Waals surface area (Å²) in [7, 11) is 0. The number of nitrogens with zero attached hydrogens (tertiary/aromatic N) is 5. The molecule has 3 heterocycles. The second-order valence-electron chi connectivity index (χ2n) is 9.68. The molecule has 1 N–H and O–H groups in total. The van der Waals surface area contributed by atoms with Crippen molar-refractivity contribution in [3.63, 3.8) is 0 Å². The van der Waals surface area contributed by atoms with Crippen molar-refractivity contribution < 1.29 is 9.90 Å². The number of carbonyl (C=O) groups excluding carboxylic acids is 1. The minimum absolute atomic E-state index is 0.104. The van der Waals surface area contributed by atoms with Crippen molar-refractivity contribution in [3.05, 3.63) is 71.0 Å². The van der Waals surface area contributed by atoms with E-state index >= 15 is 0 Å². The maximum absolute atomic E-state index is 12.7. The molecule has 0 spiro atoms. The first-order valence-electron chi connectivity index (χ1n) is 11.9. The van der Waals surface area contributed by atoms with Crippen LogP contribution in [0.3, 0.4) is 0 Å². The Hall–Kier alpha value is -3.26. The average molecular weight is 464 g/mol. The molecule has 1 aliphatic rings. The van der Waals surface area contributed by atoms with Crippen molar-refractivity contribution in [2.75, 3.05) is 13.1 Å². The molecule has 180 valence electrons. The van der Waals surface area contributed by atoms with Gasteiger partial charge in [0.05, 0.1) is 30.4 Å². The van der Waals surface area contributed by atoms with E-state index in [0.29, 0.717) is 50.4 Å². The van der Waals surface area contributed by atoms with E-state index in [1.165, 1.54) is 17.0 Å². The Morgan fingerprint density at radius 2 is 1.91 bits per heavy atom. The van der Waals surface area contributed by atoms with Crippen LogP contribution in [0.1, 0.15) is 38.7 Å². The molecule has 1 fully saturated rings. The Bertz CT molecular complexity index is 1160. The third-order valence-electron chi connectivity index (χ3n) is 6.34. The fourth-order valence-corrected chi connectivity index (χ4v) is 4.37. The van der Waals surface area contributed by atoms with Gasteiger partial charge in [-0.05, 0) is 30.7 Å². The molecule has 1 aromatic carbocycles. The first-order valence-corrected chi connectivity index (χ1v) is 11.9. The van der Waals surface area contributed by atoms with Crippen molar-refractivity contribution >= 4 is 5.91 Å². The van der Waals surface area contributed by atoms with Crippen molar-refractivity contribution in [2.45, 2.75) is 58.2 Å². The molecule has 8 heteroatoms. The highest BCUT2D eigenvalue weighted by Gasteiger charge is 2.34. The first-order chi connectivity index (χ1) is 16.3. The van der Waals surface area contributed by atoms with Gasteiger partial charge in [0.1, 0.15) is 0 Å². The van der Waals surface area contributed by atoms with Crippen LogP contribution in [0.15, 0.2) is 59.9 Å². The van der Waals surface area contributed by atoms with Crippen LogP contribution in [-0.4, -0.2) is 53.9 Å². The molecule has 0 radical (unpaired) electrons. The fraction of sp³-hybridized carbons (Fsp3) is 0.462. The minimum atomic E-state index is -1.04. The van der Waals surface area contributed by atoms with Crippen LogP contribution in [0.25, 0.3) is 11.3 Å². The van der Waals surface area contributed by atoms with Gasteiger partial charge in [-0.3, -0.25) is 18.8 Å². The average Bonchev–Trinajstić information content (AvgIpc) is 3.28. The predicted octanol–water partition coefficient (Wildman–Crippen LogP) is 2.75. The maximum Gasteiger partial charge on any atom is 0.253 e. The van der Waals surface area contributed by atoms with Crippen LogP contribution < -0.4 is 5.56 Å². The zero-order valence-electron chi connectivity index (χ0n) is 19.9. The smallest absolute Gasteiger partial charge is 0.253 e. The van der Waals surface area contributed by atoms with Crippen molar-refractivity contribution in [2.24, 2.45) is 5.92 Å². The Kier molecular flexibility index (Phi) is 7.26. The number of amides is 1. The van der Waals surface area contributed by atoms with E-state index in [1.807, 2.05) is 46.1 Å². The number of rotatable bonds is 8. The lowest BCUT2D eigenvalue weighted by Gasteiger charge is -2.38. The summed E-state index contributed by atoms with van der Waals surface area (Å²) >= 11 is 0. The van der Waals surface area contributed by atoms with Crippen molar-refractivity contribution in [1.82, 2.24) is 24.2 Å². The Labute approximate surface area is 199 Å². The highest BCUT2D eigenvalue weighted by molar-refractivity contribution is 5.76. The lowest BCUT2D eigenvalue weighted by molar-refractivity contribution is -0.135. The van der Waals surface area contributed by atoms with Gasteiger partial charge in [0.25, 0.3) is 5.56 Å². The largest absolute Gasteiger partial charge is 0.388 e. The van der Waals surface area contributed by atoms with E-state index < -0.39 is 5.60 Å². The van der Waals surface area contributed by atoms with E-state index in [2.05, 4.69) is 23.9 Å². The van der Waals surface area contributed by atoms with E-state index in [4.69, 9.17) is 0 Å². The molecule has 4 rings (SSSR count). The predicted molar refractivity (Wildman–Crippen MR) is 130 cm³/mol. The van der Waals surface area contributed by atoms with E-state index in [9.17, 15) is 14.7 Å². The zero-order chi connectivity index (χ0) is 24.1. The van der Waals surface area contributed by atoms with Gasteiger partial charge in [0, 0.05) is 43.9 Å². The molecule has 0 aliphatic carbocycles. The van der Waals surface area contributed by atoms with Crippen LogP contribution >= 0.6 is 0 Å². The standard InChI is InChI=1S/C26H33N5O3/c1-20(2)16-31-17-22(15-28-31)23-14-25(33)30(19-27-23)18-26(34)10-12-29(13-11-26)24(32)9-8-21-6-4-3-5-7-21/h3-7,14-15,17,19-20,34H,8-13,16,18H2,1-2H3. The summed E-state index contributed by atoms with van der Waals surface area (Å²) in [5.41, 5.74) is 1.27. The van der Waals surface area contributed by atoms with Crippen LogP contribution in [0, 0.1) is 5.92 Å². The van der Waals surface area contributed by atoms with Crippen molar-refractivity contribution in [3.8, 4) is 11.3 Å². The number of hydrogen-bond acceptors (Lipinski definition) is 5. The number of hydrogen-bond donors (Lipinski definition) is 1. The number of aliphatic hydroxyl groups is 1. The summed E-state index contributed by atoms with van der Waals surface area (Å²) in [6.07, 6.45) is 7.13. The van der Waals surface area contributed by atoms with Gasteiger partial charge in [0.15, 0.2) is 0 Å². The lowest BCUT2D eigenvalue weighted by atomic mass is 9.91. The molecule has 0 bridgehead atoms. The van der Waals surface area contributed by atoms with Gasteiger partial charge in [-0.1, -0.05) is 44.2 Å². The summed E-state index contributed by atoms with van der Waals surface area (Å²) in [5, 5.41) is 15.4. The molecule has 0 unspecified atom stereocenters. The summed E-state index contributed by atoms with van der Waals surface area (Å²) in [4.78, 5) is 31.6. The van der Waals surface area contributed by atoms with Gasteiger partial charge in [0.2, 0.25) is 5.91 Å². The molecule has 0 saturated carbocycles. The van der Waals surface area contributed by atoms with Gasteiger partial charge in [-0.2, -0.15) is 5.10 Å². The quantitative estimate of drug-likeness (QED) is 0.555. The Morgan fingerprint density at radius 1 is 1.18 bits per heavy atom. The second-order valence-corrected chi connectivity index (χ2v) is 9.68. The van der Waals surface area contributed by atoms with Crippen LogP contribution in [0.4, 0.5) is 0 Å². The molecule has 2 aromatic heterocycles. The monoisotopic (exact) mass is 463 g/mol. The first kappa shape index (κ1) is 23.9. The van der Waals surface area contributed by atoms with Gasteiger partial charge in [-0.25, -0.2) is 4.98 Å². The molecule has 1 amide bonds. The molecule has 1 aliphatic heterocycles. The maximum atomic E-state index is 12.7. The fourth-order valence-electron chi connectivity index (χ4n) is 4.37. The molecule has 3 aromatic rings. The number of benzene rings is 1. The third kappa shape index (κ3) is 5.99. The van der Waals surface area contributed by atoms with E-state index in [0.717, 1.165) is 17.7 Å². The van der Waals surface area contributed by atoms with E-state index in [1.54, 1.807) is 6.20 Å². The molecular formula is C26H33N5O3. The Balaban J connectivity index is 1.33. The molecule has 1 saturated heterocycles. The minimum Gasteiger partial charge on any atom is -0.388 e. The topological polar surface area (TPSA) is 93.2 Å². The van der Waals surface area contributed by atoms with E-state index in [-0.39, 0.29) is 18.0 Å². The number of aromatic nitrogens is 4. The molecule has 0 atom stereocenters. The molecular weight excluding hydrogens is 430 g/mol. The number of piperidine rings is 1. The van der Waals surface area contributed by atoms with Crippen LogP contribution in [0.5, 0.6) is 0 Å². The number of aryl methyl sites for hydroxylation is 1. The van der Waals surface area contributed by atoms with Gasteiger partial charge < -0.3 is 10.0 Å². The molecule has 8 nitrogen and oxygen atoms in total. The van der Waals surface area contributed by atoms with Gasteiger partial charge in [-0.15, -0.1) is 0 Å². The summed E-state index contributed by atoms with van der Waals surface area (Å²) in [5.74, 6) is 0.576. The van der Waals surface area contributed by atoms with Crippen LogP contribution in [0.2, 0.25) is 0 Å². The van der Waals surface area contributed by atoms with Gasteiger partial charge >= 0.3 is 0 Å². The van der Waals surface area contributed by atoms with Crippen LogP contribution in [-0.2, 0) is 24.3 Å². The lowest BCUT2D eigenvalue weighted by Crippen LogP contribution is -2.49. The highest BCUT2D eigenvalue weighted by Crippen LogP contribution is 2.24. The summed E-state index contributed by atoms with van der Waals surface area (Å²) < 4.78 is 3.31. The summed E-state index contributed by atoms with van der Waals surface area (Å²) in [6, 6.07) is 11.5. The zero-order valence-corrected chi connectivity index (χ0v) is 19.9. The van der Waals surface area contributed by atoms with Crippen molar-refractivity contribution in [1.29, 1.82) is 0 Å². The Morgan fingerprint density at radius 3 is 2.59 bits per heavy atom. The summed E-state index contributed by atoms with van der Waals surface area (Å²) in [6.45, 7) is 6.18. The third-order valence-corrected chi connectivity index (χ3v) is 6.34. The second kappa shape index (κ2) is 10.3. The highest BCUT2D eigenvalue weighted by atomic mass is 16.3. The molecule has 34 heavy (non-hydrogen) atoms. The number of likely N-dealkylation sites (tertiary alicyclic amines) is 1. The number of carbonyl (C=O) groups is 1. The normalized spacial score (nSPS) is 15.6. The SMILES string of the molecule is CC(C)Cn1cc(-c2cc(=O)n(CC3(O)CCN(C(=O)CCc4ccccc4)CC3)cn2)cn1.